The molecule has 17 heavy (non-hydrogen) atoms. The molecule has 0 atom stereocenters. The number of phenols is 2. The summed E-state index contributed by atoms with van der Waals surface area (Å²) in [5.74, 6) is 0.561. The molecule has 88 valence electrons. The Morgan fingerprint density at radius 1 is 0.765 bits per heavy atom. The summed E-state index contributed by atoms with van der Waals surface area (Å²) in [5, 5.41) is 19.5. The van der Waals surface area contributed by atoms with Crippen LogP contribution in [-0.4, -0.2) is 10.2 Å². The maximum absolute atomic E-state index is 10.0. The van der Waals surface area contributed by atoms with E-state index in [4.69, 9.17) is 0 Å². The Hall–Kier alpha value is -1.96. The van der Waals surface area contributed by atoms with Crippen molar-refractivity contribution < 1.29 is 10.2 Å². The summed E-state index contributed by atoms with van der Waals surface area (Å²) in [6.45, 7) is 5.78. The third-order valence-corrected chi connectivity index (χ3v) is 2.94. The lowest BCUT2D eigenvalue weighted by Crippen LogP contribution is -1.87. The second-order valence-electron chi connectivity index (χ2n) is 4.48. The van der Waals surface area contributed by atoms with Crippen LogP contribution in [0.25, 0.3) is 11.1 Å². The fourth-order valence-electron chi connectivity index (χ4n) is 2.13. The van der Waals surface area contributed by atoms with Crippen molar-refractivity contribution in [1.82, 2.24) is 0 Å². The molecule has 2 aromatic carbocycles. The molecule has 2 aromatic rings. The van der Waals surface area contributed by atoms with Crippen LogP contribution in [0.3, 0.4) is 0 Å². The molecular weight excluding hydrogens is 212 g/mol. The summed E-state index contributed by atoms with van der Waals surface area (Å²) in [6.07, 6.45) is 0. The second kappa shape index (κ2) is 4.13. The highest BCUT2D eigenvalue weighted by Gasteiger charge is 2.09. The zero-order valence-corrected chi connectivity index (χ0v) is 10.3. The van der Waals surface area contributed by atoms with Crippen molar-refractivity contribution in [1.29, 1.82) is 0 Å². The highest BCUT2D eigenvalue weighted by atomic mass is 16.3. The highest BCUT2D eigenvalue weighted by Crippen LogP contribution is 2.35. The van der Waals surface area contributed by atoms with E-state index in [0.717, 1.165) is 27.8 Å². The molecule has 0 spiro atoms. The molecule has 2 nitrogen and oxygen atoms in total. The van der Waals surface area contributed by atoms with Gasteiger partial charge in [0.1, 0.15) is 11.5 Å². The molecule has 0 radical (unpaired) electrons. The molecule has 0 aliphatic rings. The first kappa shape index (κ1) is 11.5. The first-order chi connectivity index (χ1) is 7.99. The predicted molar refractivity (Wildman–Crippen MR) is 69.4 cm³/mol. The fourth-order valence-corrected chi connectivity index (χ4v) is 2.13. The highest BCUT2D eigenvalue weighted by molar-refractivity contribution is 5.75. The van der Waals surface area contributed by atoms with Crippen molar-refractivity contribution in [2.45, 2.75) is 20.8 Å². The number of aryl methyl sites for hydroxylation is 3. The van der Waals surface area contributed by atoms with E-state index in [2.05, 4.69) is 0 Å². The Morgan fingerprint density at radius 3 is 2.06 bits per heavy atom. The van der Waals surface area contributed by atoms with Gasteiger partial charge in [-0.05, 0) is 61.2 Å². The molecule has 0 aromatic heterocycles. The van der Waals surface area contributed by atoms with Gasteiger partial charge in [-0.25, -0.2) is 0 Å². The molecular formula is C15H16O2. The van der Waals surface area contributed by atoms with E-state index in [1.165, 1.54) is 0 Å². The molecule has 0 amide bonds. The number of phenolic OH excluding ortho intramolecular Hbond substituents is 2. The minimum atomic E-state index is 0.276. The Balaban J connectivity index is 2.64. The quantitative estimate of drug-likeness (QED) is 0.781. The normalized spacial score (nSPS) is 10.5. The summed E-state index contributed by atoms with van der Waals surface area (Å²) in [7, 11) is 0. The van der Waals surface area contributed by atoms with Gasteiger partial charge < -0.3 is 10.2 Å². The van der Waals surface area contributed by atoms with Crippen LogP contribution in [0, 0.1) is 20.8 Å². The van der Waals surface area contributed by atoms with E-state index in [1.807, 2.05) is 39.0 Å². The average molecular weight is 228 g/mol. The SMILES string of the molecule is Cc1cc(C)c(-c2ccc(O)c(C)c2)c(O)c1. The van der Waals surface area contributed by atoms with Gasteiger partial charge in [0.25, 0.3) is 0 Å². The van der Waals surface area contributed by atoms with Crippen LogP contribution < -0.4 is 0 Å². The van der Waals surface area contributed by atoms with Crippen LogP contribution >= 0.6 is 0 Å². The van der Waals surface area contributed by atoms with Gasteiger partial charge in [0, 0.05) is 5.56 Å². The molecule has 0 saturated carbocycles. The van der Waals surface area contributed by atoms with E-state index in [-0.39, 0.29) is 11.5 Å². The maximum atomic E-state index is 10.0. The minimum Gasteiger partial charge on any atom is -0.508 e. The van der Waals surface area contributed by atoms with Crippen molar-refractivity contribution in [2.24, 2.45) is 0 Å². The minimum absolute atomic E-state index is 0.276. The van der Waals surface area contributed by atoms with Gasteiger partial charge in [-0.3, -0.25) is 0 Å². The number of hydrogen-bond donors (Lipinski definition) is 2. The Bertz CT molecular complexity index is 548. The average Bonchev–Trinajstić information content (AvgIpc) is 2.21. The number of hydrogen-bond acceptors (Lipinski definition) is 2. The van der Waals surface area contributed by atoms with Gasteiger partial charge in [0.2, 0.25) is 0 Å². The Labute approximate surface area is 101 Å². The van der Waals surface area contributed by atoms with Crippen molar-refractivity contribution in [3.8, 4) is 22.6 Å². The third kappa shape index (κ3) is 2.11. The van der Waals surface area contributed by atoms with Gasteiger partial charge in [0.05, 0.1) is 0 Å². The predicted octanol–water partition coefficient (Wildman–Crippen LogP) is 3.69. The fraction of sp³-hybridized carbons (Fsp3) is 0.200. The monoisotopic (exact) mass is 228 g/mol. The molecule has 0 aliphatic heterocycles. The molecule has 0 unspecified atom stereocenters. The third-order valence-electron chi connectivity index (χ3n) is 2.94. The van der Waals surface area contributed by atoms with Crippen molar-refractivity contribution in [3.05, 3.63) is 47.0 Å². The van der Waals surface area contributed by atoms with Crippen molar-refractivity contribution in [3.63, 3.8) is 0 Å². The van der Waals surface area contributed by atoms with E-state index < -0.39 is 0 Å². The Morgan fingerprint density at radius 2 is 1.47 bits per heavy atom. The van der Waals surface area contributed by atoms with E-state index in [0.29, 0.717) is 0 Å². The van der Waals surface area contributed by atoms with Gasteiger partial charge in [-0.15, -0.1) is 0 Å². The molecule has 2 N–H and O–H groups in total. The smallest absolute Gasteiger partial charge is 0.123 e. The largest absolute Gasteiger partial charge is 0.508 e. The van der Waals surface area contributed by atoms with Crippen LogP contribution in [0.2, 0.25) is 0 Å². The van der Waals surface area contributed by atoms with E-state index in [1.54, 1.807) is 12.1 Å². The van der Waals surface area contributed by atoms with Gasteiger partial charge in [-0.2, -0.15) is 0 Å². The van der Waals surface area contributed by atoms with Gasteiger partial charge in [0.15, 0.2) is 0 Å². The van der Waals surface area contributed by atoms with Crippen LogP contribution in [-0.2, 0) is 0 Å². The number of aromatic hydroxyl groups is 2. The maximum Gasteiger partial charge on any atom is 0.123 e. The van der Waals surface area contributed by atoms with Crippen molar-refractivity contribution in [2.75, 3.05) is 0 Å². The number of benzene rings is 2. The van der Waals surface area contributed by atoms with Crippen LogP contribution in [0.5, 0.6) is 11.5 Å². The lowest BCUT2D eigenvalue weighted by molar-refractivity contribution is 0.470. The zero-order valence-electron chi connectivity index (χ0n) is 10.3. The second-order valence-corrected chi connectivity index (χ2v) is 4.48. The topological polar surface area (TPSA) is 40.5 Å². The van der Waals surface area contributed by atoms with Crippen LogP contribution in [0.1, 0.15) is 16.7 Å². The molecule has 0 fully saturated rings. The van der Waals surface area contributed by atoms with Crippen LogP contribution in [0.4, 0.5) is 0 Å². The van der Waals surface area contributed by atoms with Gasteiger partial charge in [-0.1, -0.05) is 12.1 Å². The molecule has 0 bridgehead atoms. The molecule has 0 heterocycles. The van der Waals surface area contributed by atoms with Gasteiger partial charge >= 0.3 is 0 Å². The summed E-state index contributed by atoms with van der Waals surface area (Å²) in [4.78, 5) is 0. The first-order valence-corrected chi connectivity index (χ1v) is 5.59. The van der Waals surface area contributed by atoms with E-state index in [9.17, 15) is 10.2 Å². The molecule has 2 rings (SSSR count). The lowest BCUT2D eigenvalue weighted by atomic mass is 9.96. The zero-order chi connectivity index (χ0) is 12.6. The Kier molecular flexibility index (Phi) is 2.80. The molecule has 2 heteroatoms. The summed E-state index contributed by atoms with van der Waals surface area (Å²) in [6, 6.07) is 9.15. The van der Waals surface area contributed by atoms with E-state index >= 15 is 0 Å². The molecule has 0 saturated heterocycles. The molecule has 0 aliphatic carbocycles. The lowest BCUT2D eigenvalue weighted by Gasteiger charge is -2.11. The summed E-state index contributed by atoms with van der Waals surface area (Å²) >= 11 is 0. The van der Waals surface area contributed by atoms with Crippen LogP contribution in [0.15, 0.2) is 30.3 Å². The van der Waals surface area contributed by atoms with Crippen molar-refractivity contribution >= 4 is 0 Å². The summed E-state index contributed by atoms with van der Waals surface area (Å²) in [5.41, 5.74) is 4.64. The number of rotatable bonds is 1. The first-order valence-electron chi connectivity index (χ1n) is 5.59. The summed E-state index contributed by atoms with van der Waals surface area (Å²) < 4.78 is 0. The standard InChI is InChI=1S/C15H16O2/c1-9-6-11(3)15(14(17)7-9)12-4-5-13(16)10(2)8-12/h4-8,16-17H,1-3H3.